The van der Waals surface area contributed by atoms with E-state index < -0.39 is 0 Å². The summed E-state index contributed by atoms with van der Waals surface area (Å²) in [5.41, 5.74) is 1.88. The summed E-state index contributed by atoms with van der Waals surface area (Å²) in [4.78, 5) is 16.5. The summed E-state index contributed by atoms with van der Waals surface area (Å²) in [6.07, 6.45) is 4.09. The molecule has 25 heavy (non-hydrogen) atoms. The van der Waals surface area contributed by atoms with E-state index in [-0.39, 0.29) is 12.1 Å². The van der Waals surface area contributed by atoms with Gasteiger partial charge in [0.1, 0.15) is 5.82 Å². The van der Waals surface area contributed by atoms with Crippen molar-refractivity contribution in [2.45, 2.75) is 31.8 Å². The van der Waals surface area contributed by atoms with Crippen molar-refractivity contribution in [1.82, 2.24) is 20.5 Å². The normalized spacial score (nSPS) is 14.9. The Kier molecular flexibility index (Phi) is 3.97. The molecular weight excluding hydrogens is 316 g/mol. The SMILES string of the molecule is C[C@@H](NC(=O)Nc1cc2[nH]nc(NC3CC3)c2cn1)c1ccccc1. The van der Waals surface area contributed by atoms with Gasteiger partial charge in [-0.15, -0.1) is 0 Å². The number of carbonyl (C=O) groups excluding carboxylic acids is 1. The third kappa shape index (κ3) is 3.55. The first kappa shape index (κ1) is 15.4. The molecule has 0 saturated heterocycles. The Morgan fingerprint density at radius 3 is 2.84 bits per heavy atom. The van der Waals surface area contributed by atoms with Crippen molar-refractivity contribution in [3.8, 4) is 0 Å². The second-order valence-corrected chi connectivity index (χ2v) is 6.34. The molecular formula is C18H20N6O. The first-order chi connectivity index (χ1) is 12.2. The quantitative estimate of drug-likeness (QED) is 0.574. The molecule has 7 heteroatoms. The maximum atomic E-state index is 12.2. The first-order valence-electron chi connectivity index (χ1n) is 8.42. The molecule has 1 saturated carbocycles. The third-order valence-electron chi connectivity index (χ3n) is 4.25. The number of aromatic amines is 1. The minimum absolute atomic E-state index is 0.0913. The van der Waals surface area contributed by atoms with E-state index in [1.165, 1.54) is 12.8 Å². The second-order valence-electron chi connectivity index (χ2n) is 6.34. The van der Waals surface area contributed by atoms with Gasteiger partial charge in [0, 0.05) is 18.3 Å². The fourth-order valence-corrected chi connectivity index (χ4v) is 2.69. The predicted octanol–water partition coefficient (Wildman–Crippen LogP) is 3.41. The summed E-state index contributed by atoms with van der Waals surface area (Å²) < 4.78 is 0. The van der Waals surface area contributed by atoms with Crippen LogP contribution in [0.5, 0.6) is 0 Å². The van der Waals surface area contributed by atoms with Crippen LogP contribution in [0.3, 0.4) is 0 Å². The van der Waals surface area contributed by atoms with Gasteiger partial charge in [0.15, 0.2) is 5.82 Å². The second kappa shape index (κ2) is 6.43. The van der Waals surface area contributed by atoms with E-state index in [0.717, 1.165) is 22.3 Å². The number of rotatable bonds is 5. The Hall–Kier alpha value is -3.09. The zero-order valence-electron chi connectivity index (χ0n) is 13.9. The number of pyridine rings is 1. The molecule has 1 aromatic carbocycles. The summed E-state index contributed by atoms with van der Waals surface area (Å²) in [7, 11) is 0. The zero-order chi connectivity index (χ0) is 17.2. The van der Waals surface area contributed by atoms with E-state index >= 15 is 0 Å². The van der Waals surface area contributed by atoms with Crippen LogP contribution in [-0.4, -0.2) is 27.3 Å². The molecule has 7 nitrogen and oxygen atoms in total. The molecule has 4 rings (SSSR count). The van der Waals surface area contributed by atoms with Crippen LogP contribution in [0.2, 0.25) is 0 Å². The molecule has 128 valence electrons. The van der Waals surface area contributed by atoms with Crippen LogP contribution in [0, 0.1) is 0 Å². The standard InChI is InChI=1S/C18H20N6O/c1-11(12-5-3-2-4-6-12)20-18(25)22-16-9-15-14(10-19-16)17(24-23-15)21-13-7-8-13/h2-6,9-11,13H,7-8H2,1H3,(H2,21,23,24)(H2,19,20,22,25)/t11-/m1/s1. The molecule has 2 heterocycles. The fraction of sp³-hybridized carbons (Fsp3) is 0.278. The Balaban J connectivity index is 1.42. The number of hydrogen-bond acceptors (Lipinski definition) is 4. The Morgan fingerprint density at radius 1 is 1.28 bits per heavy atom. The predicted molar refractivity (Wildman–Crippen MR) is 97.5 cm³/mol. The van der Waals surface area contributed by atoms with Crippen molar-refractivity contribution in [2.24, 2.45) is 0 Å². The van der Waals surface area contributed by atoms with Crippen LogP contribution >= 0.6 is 0 Å². The van der Waals surface area contributed by atoms with E-state index in [1.54, 1.807) is 12.3 Å². The van der Waals surface area contributed by atoms with E-state index in [4.69, 9.17) is 0 Å². The van der Waals surface area contributed by atoms with E-state index in [9.17, 15) is 4.79 Å². The monoisotopic (exact) mass is 336 g/mol. The van der Waals surface area contributed by atoms with Gasteiger partial charge in [0.25, 0.3) is 0 Å². The number of urea groups is 1. The Morgan fingerprint density at radius 2 is 2.08 bits per heavy atom. The number of nitrogens with one attached hydrogen (secondary N) is 4. The minimum atomic E-state index is -0.293. The molecule has 1 atom stereocenters. The van der Waals surface area contributed by atoms with E-state index in [1.807, 2.05) is 37.3 Å². The Labute approximate surface area is 145 Å². The molecule has 0 radical (unpaired) electrons. The highest BCUT2D eigenvalue weighted by atomic mass is 16.2. The highest BCUT2D eigenvalue weighted by Gasteiger charge is 2.23. The van der Waals surface area contributed by atoms with Crippen molar-refractivity contribution < 1.29 is 4.79 Å². The lowest BCUT2D eigenvalue weighted by Gasteiger charge is -2.14. The number of amides is 2. The lowest BCUT2D eigenvalue weighted by atomic mass is 10.1. The molecule has 1 aliphatic carbocycles. The maximum absolute atomic E-state index is 12.2. The van der Waals surface area contributed by atoms with Gasteiger partial charge in [0.2, 0.25) is 0 Å². The van der Waals surface area contributed by atoms with E-state index in [0.29, 0.717) is 11.9 Å². The van der Waals surface area contributed by atoms with Crippen molar-refractivity contribution in [3.05, 3.63) is 48.2 Å². The van der Waals surface area contributed by atoms with Crippen LogP contribution in [0.4, 0.5) is 16.4 Å². The van der Waals surface area contributed by atoms with Gasteiger partial charge < -0.3 is 10.6 Å². The summed E-state index contributed by atoms with van der Waals surface area (Å²) in [6.45, 7) is 1.94. The minimum Gasteiger partial charge on any atom is -0.365 e. The van der Waals surface area contributed by atoms with Gasteiger partial charge in [-0.1, -0.05) is 30.3 Å². The molecule has 3 aromatic rings. The number of fused-ring (bicyclic) bond motifs is 1. The largest absolute Gasteiger partial charge is 0.365 e. The number of carbonyl (C=O) groups is 1. The molecule has 1 aliphatic rings. The average Bonchev–Trinajstić information content (AvgIpc) is 3.35. The molecule has 4 N–H and O–H groups in total. The third-order valence-corrected chi connectivity index (χ3v) is 4.25. The van der Waals surface area contributed by atoms with Crippen LogP contribution in [0.15, 0.2) is 42.6 Å². The van der Waals surface area contributed by atoms with Gasteiger partial charge in [-0.05, 0) is 25.3 Å². The lowest BCUT2D eigenvalue weighted by Crippen LogP contribution is -2.31. The zero-order valence-corrected chi connectivity index (χ0v) is 13.9. The number of anilines is 2. The molecule has 0 aliphatic heterocycles. The Bertz CT molecular complexity index is 887. The molecule has 2 aromatic heterocycles. The van der Waals surface area contributed by atoms with E-state index in [2.05, 4.69) is 31.1 Å². The highest BCUT2D eigenvalue weighted by Crippen LogP contribution is 2.28. The van der Waals surface area contributed by atoms with Gasteiger partial charge in [-0.2, -0.15) is 5.10 Å². The molecule has 1 fully saturated rings. The fourth-order valence-electron chi connectivity index (χ4n) is 2.69. The van der Waals surface area contributed by atoms with Crippen LogP contribution < -0.4 is 16.0 Å². The first-order valence-corrected chi connectivity index (χ1v) is 8.42. The molecule has 2 amide bonds. The summed E-state index contributed by atoms with van der Waals surface area (Å²) in [5.74, 6) is 1.30. The molecule has 0 spiro atoms. The number of H-pyrrole nitrogens is 1. The summed E-state index contributed by atoms with van der Waals surface area (Å²) in [6, 6.07) is 11.7. The lowest BCUT2D eigenvalue weighted by molar-refractivity contribution is 0.249. The number of hydrogen-bond donors (Lipinski definition) is 4. The van der Waals surface area contributed by atoms with Crippen LogP contribution in [0.25, 0.3) is 10.9 Å². The van der Waals surface area contributed by atoms with Gasteiger partial charge >= 0.3 is 6.03 Å². The smallest absolute Gasteiger partial charge is 0.320 e. The van der Waals surface area contributed by atoms with Crippen molar-refractivity contribution in [3.63, 3.8) is 0 Å². The molecule has 0 bridgehead atoms. The van der Waals surface area contributed by atoms with Gasteiger partial charge in [-0.3, -0.25) is 10.4 Å². The average molecular weight is 336 g/mol. The molecule has 0 unspecified atom stereocenters. The topological polar surface area (TPSA) is 94.7 Å². The van der Waals surface area contributed by atoms with Crippen molar-refractivity contribution in [1.29, 1.82) is 0 Å². The number of aromatic nitrogens is 3. The maximum Gasteiger partial charge on any atom is 0.320 e. The summed E-state index contributed by atoms with van der Waals surface area (Å²) in [5, 5.41) is 17.2. The van der Waals surface area contributed by atoms with Crippen molar-refractivity contribution in [2.75, 3.05) is 10.6 Å². The summed E-state index contributed by atoms with van der Waals surface area (Å²) >= 11 is 0. The number of benzene rings is 1. The van der Waals surface area contributed by atoms with Crippen LogP contribution in [-0.2, 0) is 0 Å². The highest BCUT2D eigenvalue weighted by molar-refractivity contribution is 5.94. The van der Waals surface area contributed by atoms with Gasteiger partial charge in [-0.25, -0.2) is 9.78 Å². The van der Waals surface area contributed by atoms with Crippen LogP contribution in [0.1, 0.15) is 31.4 Å². The van der Waals surface area contributed by atoms with Crippen molar-refractivity contribution >= 4 is 28.6 Å². The van der Waals surface area contributed by atoms with Gasteiger partial charge in [0.05, 0.1) is 16.9 Å². The number of nitrogens with zero attached hydrogens (tertiary/aromatic N) is 2.